The fourth-order valence-electron chi connectivity index (χ4n) is 2.10. The predicted molar refractivity (Wildman–Crippen MR) is 77.3 cm³/mol. The SMILES string of the molecule is Cc1cc(S(=O)(=O)NC2CCNCC2)c(C)s1.Cl. The molecule has 0 unspecified atom stereocenters. The molecule has 0 amide bonds. The number of hydrogen-bond acceptors (Lipinski definition) is 4. The third-order valence-electron chi connectivity index (χ3n) is 2.95. The molecule has 0 bridgehead atoms. The number of nitrogens with one attached hydrogen (secondary N) is 2. The summed E-state index contributed by atoms with van der Waals surface area (Å²) in [5.74, 6) is 0. The van der Waals surface area contributed by atoms with Gasteiger partial charge in [0.15, 0.2) is 0 Å². The first-order valence-electron chi connectivity index (χ1n) is 5.79. The van der Waals surface area contributed by atoms with E-state index in [2.05, 4.69) is 10.0 Å². The molecule has 0 atom stereocenters. The van der Waals surface area contributed by atoms with Crippen molar-refractivity contribution in [3.8, 4) is 0 Å². The van der Waals surface area contributed by atoms with Crippen molar-refractivity contribution in [2.45, 2.75) is 37.6 Å². The highest BCUT2D eigenvalue weighted by Gasteiger charge is 2.24. The lowest BCUT2D eigenvalue weighted by Gasteiger charge is -2.23. The van der Waals surface area contributed by atoms with Crippen LogP contribution in [0.25, 0.3) is 0 Å². The second-order valence-electron chi connectivity index (χ2n) is 4.42. The van der Waals surface area contributed by atoms with Gasteiger partial charge in [0.1, 0.15) is 0 Å². The second kappa shape index (κ2) is 6.34. The van der Waals surface area contributed by atoms with Crippen molar-refractivity contribution >= 4 is 33.8 Å². The van der Waals surface area contributed by atoms with Gasteiger partial charge in [-0.3, -0.25) is 0 Å². The smallest absolute Gasteiger partial charge is 0.241 e. The zero-order chi connectivity index (χ0) is 12.5. The molecule has 104 valence electrons. The Morgan fingerprint density at radius 3 is 2.44 bits per heavy atom. The summed E-state index contributed by atoms with van der Waals surface area (Å²) < 4.78 is 27.2. The number of piperidine rings is 1. The summed E-state index contributed by atoms with van der Waals surface area (Å²) in [5.41, 5.74) is 0. The third kappa shape index (κ3) is 3.68. The maximum atomic E-state index is 12.2. The van der Waals surface area contributed by atoms with Crippen LogP contribution in [0.3, 0.4) is 0 Å². The molecular formula is C11H19ClN2O2S2. The average Bonchev–Trinajstić information content (AvgIpc) is 2.59. The monoisotopic (exact) mass is 310 g/mol. The van der Waals surface area contributed by atoms with Crippen molar-refractivity contribution in [2.24, 2.45) is 0 Å². The summed E-state index contributed by atoms with van der Waals surface area (Å²) >= 11 is 1.53. The van der Waals surface area contributed by atoms with Gasteiger partial charge < -0.3 is 5.32 Å². The summed E-state index contributed by atoms with van der Waals surface area (Å²) in [6.07, 6.45) is 1.72. The van der Waals surface area contributed by atoms with Gasteiger partial charge in [0.05, 0.1) is 4.90 Å². The van der Waals surface area contributed by atoms with Gasteiger partial charge in [-0.25, -0.2) is 13.1 Å². The minimum atomic E-state index is -3.34. The van der Waals surface area contributed by atoms with Crippen LogP contribution < -0.4 is 10.0 Å². The first-order chi connectivity index (χ1) is 7.99. The number of halogens is 1. The van der Waals surface area contributed by atoms with Crippen LogP contribution in [-0.2, 0) is 10.0 Å². The standard InChI is InChI=1S/C11H18N2O2S2.ClH/c1-8-7-11(9(2)16-8)17(14,15)13-10-3-5-12-6-4-10;/h7,10,12-13H,3-6H2,1-2H3;1H. The van der Waals surface area contributed by atoms with E-state index in [1.54, 1.807) is 6.07 Å². The number of aryl methyl sites for hydroxylation is 2. The maximum absolute atomic E-state index is 12.2. The summed E-state index contributed by atoms with van der Waals surface area (Å²) in [6.45, 7) is 5.56. The Kier molecular flexibility index (Phi) is 5.61. The molecule has 0 radical (unpaired) electrons. The van der Waals surface area contributed by atoms with Crippen LogP contribution in [0.5, 0.6) is 0 Å². The molecule has 1 aromatic heterocycles. The molecule has 0 aliphatic carbocycles. The largest absolute Gasteiger partial charge is 0.317 e. The molecule has 1 fully saturated rings. The number of rotatable bonds is 3. The lowest BCUT2D eigenvalue weighted by molar-refractivity contribution is 0.427. The average molecular weight is 311 g/mol. The Balaban J connectivity index is 0.00000162. The van der Waals surface area contributed by atoms with Gasteiger partial charge in [0.25, 0.3) is 0 Å². The van der Waals surface area contributed by atoms with E-state index in [1.807, 2.05) is 13.8 Å². The van der Waals surface area contributed by atoms with Crippen LogP contribution in [0.15, 0.2) is 11.0 Å². The molecule has 1 saturated heterocycles. The molecule has 2 N–H and O–H groups in total. The van der Waals surface area contributed by atoms with Crippen molar-refractivity contribution in [1.29, 1.82) is 0 Å². The second-order valence-corrected chi connectivity index (χ2v) is 7.57. The van der Waals surface area contributed by atoms with E-state index in [0.29, 0.717) is 4.90 Å². The molecule has 18 heavy (non-hydrogen) atoms. The Morgan fingerprint density at radius 1 is 1.33 bits per heavy atom. The first-order valence-corrected chi connectivity index (χ1v) is 8.09. The fraction of sp³-hybridized carbons (Fsp3) is 0.636. The lowest BCUT2D eigenvalue weighted by Crippen LogP contribution is -2.42. The summed E-state index contributed by atoms with van der Waals surface area (Å²) in [7, 11) is -3.34. The van der Waals surface area contributed by atoms with E-state index in [-0.39, 0.29) is 18.4 Å². The summed E-state index contributed by atoms with van der Waals surface area (Å²) in [5, 5.41) is 3.22. The van der Waals surface area contributed by atoms with Gasteiger partial charge in [0, 0.05) is 15.8 Å². The minimum Gasteiger partial charge on any atom is -0.317 e. The van der Waals surface area contributed by atoms with Crippen molar-refractivity contribution in [3.05, 3.63) is 15.8 Å². The van der Waals surface area contributed by atoms with E-state index in [9.17, 15) is 8.42 Å². The Hall–Kier alpha value is -0.140. The van der Waals surface area contributed by atoms with Crippen LogP contribution in [0, 0.1) is 13.8 Å². The fourth-order valence-corrected chi connectivity index (χ4v) is 4.96. The van der Waals surface area contributed by atoms with E-state index in [1.165, 1.54) is 11.3 Å². The van der Waals surface area contributed by atoms with E-state index < -0.39 is 10.0 Å². The highest BCUT2D eigenvalue weighted by Crippen LogP contribution is 2.25. The Labute approximate surface area is 119 Å². The number of sulfonamides is 1. The molecular weight excluding hydrogens is 292 g/mol. The zero-order valence-electron chi connectivity index (χ0n) is 10.5. The van der Waals surface area contributed by atoms with Gasteiger partial charge in [-0.2, -0.15) is 0 Å². The zero-order valence-corrected chi connectivity index (χ0v) is 13.0. The molecule has 4 nitrogen and oxygen atoms in total. The maximum Gasteiger partial charge on any atom is 0.241 e. The molecule has 0 spiro atoms. The Morgan fingerprint density at radius 2 is 1.94 bits per heavy atom. The van der Waals surface area contributed by atoms with E-state index in [0.717, 1.165) is 35.7 Å². The molecule has 1 aliphatic rings. The molecule has 0 aromatic carbocycles. The van der Waals surface area contributed by atoms with Crippen molar-refractivity contribution < 1.29 is 8.42 Å². The molecule has 1 aliphatic heterocycles. The predicted octanol–water partition coefficient (Wildman–Crippen LogP) is 1.82. The third-order valence-corrected chi connectivity index (χ3v) is 5.69. The van der Waals surface area contributed by atoms with Crippen LogP contribution in [0.1, 0.15) is 22.6 Å². The number of hydrogen-bond donors (Lipinski definition) is 2. The molecule has 7 heteroatoms. The van der Waals surface area contributed by atoms with Crippen molar-refractivity contribution in [3.63, 3.8) is 0 Å². The van der Waals surface area contributed by atoms with E-state index >= 15 is 0 Å². The van der Waals surface area contributed by atoms with Gasteiger partial charge in [-0.05, 0) is 45.8 Å². The molecule has 0 saturated carbocycles. The van der Waals surface area contributed by atoms with Gasteiger partial charge >= 0.3 is 0 Å². The topological polar surface area (TPSA) is 58.2 Å². The molecule has 1 aromatic rings. The highest BCUT2D eigenvalue weighted by atomic mass is 35.5. The van der Waals surface area contributed by atoms with Gasteiger partial charge in [0.2, 0.25) is 10.0 Å². The van der Waals surface area contributed by atoms with Crippen molar-refractivity contribution in [2.75, 3.05) is 13.1 Å². The van der Waals surface area contributed by atoms with Gasteiger partial charge in [-0.15, -0.1) is 23.7 Å². The number of thiophene rings is 1. The lowest BCUT2D eigenvalue weighted by atomic mass is 10.1. The van der Waals surface area contributed by atoms with Crippen LogP contribution in [0.4, 0.5) is 0 Å². The van der Waals surface area contributed by atoms with Crippen LogP contribution >= 0.6 is 23.7 Å². The highest BCUT2D eigenvalue weighted by molar-refractivity contribution is 7.89. The quantitative estimate of drug-likeness (QED) is 0.895. The van der Waals surface area contributed by atoms with E-state index in [4.69, 9.17) is 0 Å². The van der Waals surface area contributed by atoms with Crippen molar-refractivity contribution in [1.82, 2.24) is 10.0 Å². The van der Waals surface area contributed by atoms with Gasteiger partial charge in [-0.1, -0.05) is 0 Å². The summed E-state index contributed by atoms with van der Waals surface area (Å²) in [6, 6.07) is 1.82. The normalized spacial score (nSPS) is 17.4. The Bertz CT molecular complexity index is 493. The molecule has 2 rings (SSSR count). The summed E-state index contributed by atoms with van der Waals surface area (Å²) in [4.78, 5) is 2.34. The minimum absolute atomic E-state index is 0. The first kappa shape index (κ1) is 15.9. The van der Waals surface area contributed by atoms with Crippen LogP contribution in [0.2, 0.25) is 0 Å². The van der Waals surface area contributed by atoms with Crippen LogP contribution in [-0.4, -0.2) is 27.5 Å². The molecule has 2 heterocycles.